The van der Waals surface area contributed by atoms with E-state index in [9.17, 15) is 14.4 Å². The van der Waals surface area contributed by atoms with Crippen LogP contribution in [0.5, 0.6) is 0 Å². The highest BCUT2D eigenvalue weighted by atomic mass is 32.2. The first kappa shape index (κ1) is 17.2. The Balaban J connectivity index is 2.77. The molecule has 21 heavy (non-hydrogen) atoms. The number of carbonyl (C=O) groups is 2. The summed E-state index contributed by atoms with van der Waals surface area (Å²) in [4.78, 5) is 41.1. The number of aromatic nitrogens is 2. The molecule has 0 bridgehead atoms. The van der Waals surface area contributed by atoms with E-state index >= 15 is 0 Å². The van der Waals surface area contributed by atoms with E-state index in [1.54, 1.807) is 0 Å². The maximum Gasteiger partial charge on any atom is 0.329 e. The Morgan fingerprint density at radius 2 is 2.24 bits per heavy atom. The average Bonchev–Trinajstić information content (AvgIpc) is 2.42. The van der Waals surface area contributed by atoms with Crippen molar-refractivity contribution in [2.45, 2.75) is 37.9 Å². The fourth-order valence-electron chi connectivity index (χ4n) is 1.65. The van der Waals surface area contributed by atoms with E-state index in [1.165, 1.54) is 31.9 Å². The molecule has 1 aromatic rings. The van der Waals surface area contributed by atoms with Crippen LogP contribution in [0.1, 0.15) is 26.0 Å². The van der Waals surface area contributed by atoms with E-state index in [0.29, 0.717) is 17.3 Å². The number of thioether (sulfide) groups is 1. The summed E-state index contributed by atoms with van der Waals surface area (Å²) in [5.41, 5.74) is 0.475. The smallest absolute Gasteiger partial charge is 0.329 e. The Labute approximate surface area is 126 Å². The first-order valence-corrected chi connectivity index (χ1v) is 7.52. The number of aryl methyl sites for hydroxylation is 1. The Kier molecular flexibility index (Phi) is 6.93. The van der Waals surface area contributed by atoms with Crippen LogP contribution in [0.25, 0.3) is 0 Å². The molecule has 0 saturated heterocycles. The molecular weight excluding hydrogens is 294 g/mol. The molecular formula is C13H19N3O4S. The normalized spacial score (nSPS) is 11.8. The van der Waals surface area contributed by atoms with Gasteiger partial charge in [-0.2, -0.15) is 0 Å². The lowest BCUT2D eigenvalue weighted by Gasteiger charge is -2.14. The van der Waals surface area contributed by atoms with E-state index in [4.69, 9.17) is 0 Å². The number of nitrogens with zero attached hydrogens (tertiary/aromatic N) is 1. The van der Waals surface area contributed by atoms with Crippen LogP contribution in [-0.2, 0) is 20.7 Å². The van der Waals surface area contributed by atoms with Crippen LogP contribution in [0.3, 0.4) is 0 Å². The molecule has 116 valence electrons. The van der Waals surface area contributed by atoms with Gasteiger partial charge in [0.1, 0.15) is 6.04 Å². The molecule has 1 atom stereocenters. The first-order chi connectivity index (χ1) is 9.96. The van der Waals surface area contributed by atoms with Gasteiger partial charge in [0.25, 0.3) is 5.56 Å². The van der Waals surface area contributed by atoms with Crippen molar-refractivity contribution < 1.29 is 14.3 Å². The second-order valence-corrected chi connectivity index (χ2v) is 5.39. The fourth-order valence-corrected chi connectivity index (χ4v) is 2.55. The third-order valence-corrected chi connectivity index (χ3v) is 3.50. The zero-order valence-electron chi connectivity index (χ0n) is 12.3. The second kappa shape index (κ2) is 8.46. The predicted molar refractivity (Wildman–Crippen MR) is 79.2 cm³/mol. The van der Waals surface area contributed by atoms with Gasteiger partial charge in [0.2, 0.25) is 5.91 Å². The van der Waals surface area contributed by atoms with Crippen LogP contribution in [0.4, 0.5) is 0 Å². The summed E-state index contributed by atoms with van der Waals surface area (Å²) in [6.45, 7) is 3.32. The van der Waals surface area contributed by atoms with Gasteiger partial charge >= 0.3 is 5.97 Å². The number of nitrogens with one attached hydrogen (secondary N) is 2. The standard InChI is InChI=1S/C13H19N3O4S/c1-4-5-9-6-11(18)16-13(15-9)21-7-10(12(19)20-3)14-8(2)17/h6,10H,4-5,7H2,1-3H3,(H,14,17)(H,15,16,18). The lowest BCUT2D eigenvalue weighted by Crippen LogP contribution is -2.42. The average molecular weight is 313 g/mol. The largest absolute Gasteiger partial charge is 0.467 e. The molecule has 0 spiro atoms. The molecule has 0 aliphatic carbocycles. The van der Waals surface area contributed by atoms with Crippen molar-refractivity contribution >= 4 is 23.6 Å². The second-order valence-electron chi connectivity index (χ2n) is 4.38. The summed E-state index contributed by atoms with van der Waals surface area (Å²) in [6.07, 6.45) is 1.60. The Morgan fingerprint density at radius 3 is 2.81 bits per heavy atom. The molecule has 0 aliphatic heterocycles. The van der Waals surface area contributed by atoms with Crippen molar-refractivity contribution in [3.8, 4) is 0 Å². The van der Waals surface area contributed by atoms with Crippen LogP contribution in [0.15, 0.2) is 16.0 Å². The fraction of sp³-hybridized carbons (Fsp3) is 0.538. The van der Waals surface area contributed by atoms with Crippen molar-refractivity contribution in [1.29, 1.82) is 0 Å². The quantitative estimate of drug-likeness (QED) is 0.432. The molecule has 0 aliphatic rings. The zero-order valence-corrected chi connectivity index (χ0v) is 13.1. The highest BCUT2D eigenvalue weighted by Gasteiger charge is 2.20. The number of carbonyl (C=O) groups excluding carboxylic acids is 2. The molecule has 1 aromatic heterocycles. The van der Waals surface area contributed by atoms with Gasteiger partial charge in [-0.3, -0.25) is 9.59 Å². The highest BCUT2D eigenvalue weighted by Crippen LogP contribution is 2.14. The molecule has 0 fully saturated rings. The number of ether oxygens (including phenoxy) is 1. The monoisotopic (exact) mass is 313 g/mol. The third kappa shape index (κ3) is 5.99. The van der Waals surface area contributed by atoms with Crippen molar-refractivity contribution in [1.82, 2.24) is 15.3 Å². The summed E-state index contributed by atoms with van der Waals surface area (Å²) < 4.78 is 4.63. The molecule has 1 unspecified atom stereocenters. The molecule has 0 aromatic carbocycles. The minimum atomic E-state index is -0.780. The molecule has 0 saturated carbocycles. The summed E-state index contributed by atoms with van der Waals surface area (Å²) in [7, 11) is 1.25. The minimum Gasteiger partial charge on any atom is -0.467 e. The van der Waals surface area contributed by atoms with Crippen LogP contribution < -0.4 is 10.9 Å². The number of rotatable bonds is 7. The molecule has 2 N–H and O–H groups in total. The lowest BCUT2D eigenvalue weighted by molar-refractivity contribution is -0.144. The van der Waals surface area contributed by atoms with Gasteiger partial charge in [0.15, 0.2) is 5.16 Å². The van der Waals surface area contributed by atoms with E-state index in [2.05, 4.69) is 20.0 Å². The molecule has 7 nitrogen and oxygen atoms in total. The van der Waals surface area contributed by atoms with Crippen LogP contribution in [-0.4, -0.2) is 40.7 Å². The predicted octanol–water partition coefficient (Wildman–Crippen LogP) is 0.492. The molecule has 8 heteroatoms. The number of amides is 1. The first-order valence-electron chi connectivity index (χ1n) is 6.54. The molecule has 1 rings (SSSR count). The van der Waals surface area contributed by atoms with Gasteiger partial charge in [-0.15, -0.1) is 0 Å². The van der Waals surface area contributed by atoms with Gasteiger partial charge in [-0.25, -0.2) is 9.78 Å². The van der Waals surface area contributed by atoms with Gasteiger partial charge in [-0.05, 0) is 6.42 Å². The minimum absolute atomic E-state index is 0.227. The van der Waals surface area contributed by atoms with Crippen molar-refractivity contribution in [3.05, 3.63) is 22.1 Å². The molecule has 1 heterocycles. The summed E-state index contributed by atoms with van der Waals surface area (Å²) in [6, 6.07) is 0.678. The lowest BCUT2D eigenvalue weighted by atomic mass is 10.2. The van der Waals surface area contributed by atoms with Crippen molar-refractivity contribution in [2.24, 2.45) is 0 Å². The number of esters is 1. The van der Waals surface area contributed by atoms with E-state index in [-0.39, 0.29) is 17.2 Å². The highest BCUT2D eigenvalue weighted by molar-refractivity contribution is 7.99. The zero-order chi connectivity index (χ0) is 15.8. The summed E-state index contributed by atoms with van der Waals surface area (Å²) >= 11 is 1.19. The maximum absolute atomic E-state index is 11.6. The Hall–Kier alpha value is -1.83. The van der Waals surface area contributed by atoms with Crippen LogP contribution in [0, 0.1) is 0 Å². The maximum atomic E-state index is 11.6. The van der Waals surface area contributed by atoms with E-state index in [0.717, 1.165) is 6.42 Å². The van der Waals surface area contributed by atoms with Crippen LogP contribution in [0.2, 0.25) is 0 Å². The topological polar surface area (TPSA) is 101 Å². The summed E-state index contributed by atoms with van der Waals surface area (Å²) in [5, 5.41) is 2.92. The van der Waals surface area contributed by atoms with Crippen LogP contribution >= 0.6 is 11.8 Å². The van der Waals surface area contributed by atoms with Gasteiger partial charge in [0, 0.05) is 24.4 Å². The van der Waals surface area contributed by atoms with E-state index in [1.807, 2.05) is 6.92 Å². The Bertz CT molecular complexity index is 559. The van der Waals surface area contributed by atoms with Gasteiger partial charge in [-0.1, -0.05) is 25.1 Å². The number of H-pyrrole nitrogens is 1. The third-order valence-electron chi connectivity index (χ3n) is 2.53. The summed E-state index contributed by atoms with van der Waals surface area (Å²) in [5.74, 6) is -0.637. The van der Waals surface area contributed by atoms with E-state index < -0.39 is 12.0 Å². The Morgan fingerprint density at radius 1 is 1.52 bits per heavy atom. The van der Waals surface area contributed by atoms with Gasteiger partial charge in [0.05, 0.1) is 7.11 Å². The SMILES string of the molecule is CCCc1cc(=O)[nH]c(SCC(NC(C)=O)C(=O)OC)n1. The molecule has 0 radical (unpaired) electrons. The molecule has 1 amide bonds. The number of hydrogen-bond acceptors (Lipinski definition) is 6. The van der Waals surface area contributed by atoms with Crippen molar-refractivity contribution in [2.75, 3.05) is 12.9 Å². The number of methoxy groups -OCH3 is 1. The van der Waals surface area contributed by atoms with Gasteiger partial charge < -0.3 is 15.0 Å². The number of aromatic amines is 1. The number of hydrogen-bond donors (Lipinski definition) is 2. The van der Waals surface area contributed by atoms with Crippen molar-refractivity contribution in [3.63, 3.8) is 0 Å².